The van der Waals surface area contributed by atoms with Crippen molar-refractivity contribution in [2.75, 3.05) is 19.6 Å². The number of halogens is 2. The Kier molecular flexibility index (Phi) is 5.28. The third-order valence-corrected chi connectivity index (χ3v) is 3.70. The first kappa shape index (κ1) is 14.4. The van der Waals surface area contributed by atoms with E-state index in [4.69, 9.17) is 0 Å². The lowest BCUT2D eigenvalue weighted by Gasteiger charge is -2.32. The van der Waals surface area contributed by atoms with E-state index in [0.717, 1.165) is 38.9 Å². The van der Waals surface area contributed by atoms with E-state index in [1.807, 2.05) is 0 Å². The maximum Gasteiger partial charge on any atom is 0.163 e. The van der Waals surface area contributed by atoms with Gasteiger partial charge in [-0.1, -0.05) is 19.1 Å². The van der Waals surface area contributed by atoms with E-state index >= 15 is 0 Å². The van der Waals surface area contributed by atoms with E-state index in [1.165, 1.54) is 6.07 Å². The maximum absolute atomic E-state index is 13.6. The van der Waals surface area contributed by atoms with Crippen molar-refractivity contribution in [3.8, 4) is 0 Å². The second-order valence-corrected chi connectivity index (χ2v) is 5.22. The molecule has 0 saturated carbocycles. The molecule has 0 amide bonds. The third kappa shape index (κ3) is 3.98. The molecule has 0 spiro atoms. The SMILES string of the molecule is CCCNC1CCN(Cc2cccc(F)c2F)CC1. The van der Waals surface area contributed by atoms with Gasteiger partial charge in [0.2, 0.25) is 0 Å². The number of likely N-dealkylation sites (tertiary alicyclic amines) is 1. The fraction of sp³-hybridized carbons (Fsp3) is 0.600. The topological polar surface area (TPSA) is 15.3 Å². The third-order valence-electron chi connectivity index (χ3n) is 3.70. The van der Waals surface area contributed by atoms with Gasteiger partial charge < -0.3 is 5.32 Å². The van der Waals surface area contributed by atoms with Crippen molar-refractivity contribution in [2.24, 2.45) is 0 Å². The Labute approximate surface area is 113 Å². The molecule has 0 atom stereocenters. The van der Waals surface area contributed by atoms with E-state index in [2.05, 4.69) is 17.1 Å². The molecule has 0 radical (unpaired) electrons. The van der Waals surface area contributed by atoms with Gasteiger partial charge in [0.05, 0.1) is 0 Å². The van der Waals surface area contributed by atoms with Crippen molar-refractivity contribution in [3.63, 3.8) is 0 Å². The van der Waals surface area contributed by atoms with Crippen molar-refractivity contribution in [3.05, 3.63) is 35.4 Å². The summed E-state index contributed by atoms with van der Waals surface area (Å²) in [7, 11) is 0. The fourth-order valence-electron chi connectivity index (χ4n) is 2.56. The lowest BCUT2D eigenvalue weighted by Crippen LogP contribution is -2.42. The van der Waals surface area contributed by atoms with Crippen LogP contribution in [-0.2, 0) is 6.54 Å². The van der Waals surface area contributed by atoms with Crippen molar-refractivity contribution < 1.29 is 8.78 Å². The molecule has 1 N–H and O–H groups in total. The highest BCUT2D eigenvalue weighted by Gasteiger charge is 2.19. The van der Waals surface area contributed by atoms with Crippen molar-refractivity contribution in [1.82, 2.24) is 10.2 Å². The Morgan fingerprint density at radius 2 is 2.00 bits per heavy atom. The maximum atomic E-state index is 13.6. The quantitative estimate of drug-likeness (QED) is 0.883. The van der Waals surface area contributed by atoms with Crippen LogP contribution in [0.1, 0.15) is 31.7 Å². The van der Waals surface area contributed by atoms with Gasteiger partial charge in [-0.3, -0.25) is 4.90 Å². The van der Waals surface area contributed by atoms with E-state index in [9.17, 15) is 8.78 Å². The standard InChI is InChI=1S/C15H22F2N2/c1-2-8-18-13-6-9-19(10-7-13)11-12-4-3-5-14(16)15(12)17/h3-5,13,18H,2,6-11H2,1H3. The summed E-state index contributed by atoms with van der Waals surface area (Å²) in [5.41, 5.74) is 0.458. The summed E-state index contributed by atoms with van der Waals surface area (Å²) in [5, 5.41) is 3.52. The van der Waals surface area contributed by atoms with Gasteiger partial charge in [0, 0.05) is 18.2 Å². The average Bonchev–Trinajstić information content (AvgIpc) is 2.43. The largest absolute Gasteiger partial charge is 0.314 e. The van der Waals surface area contributed by atoms with Gasteiger partial charge in [-0.15, -0.1) is 0 Å². The summed E-state index contributed by atoms with van der Waals surface area (Å²) < 4.78 is 26.7. The van der Waals surface area contributed by atoms with Crippen LogP contribution in [0.5, 0.6) is 0 Å². The predicted molar refractivity (Wildman–Crippen MR) is 73.0 cm³/mol. The first-order valence-corrected chi connectivity index (χ1v) is 7.09. The fourth-order valence-corrected chi connectivity index (χ4v) is 2.56. The Hall–Kier alpha value is -1.00. The Morgan fingerprint density at radius 3 is 2.68 bits per heavy atom. The predicted octanol–water partition coefficient (Wildman–Crippen LogP) is 2.93. The van der Waals surface area contributed by atoms with Gasteiger partial charge in [0.25, 0.3) is 0 Å². The highest BCUT2D eigenvalue weighted by atomic mass is 19.2. The highest BCUT2D eigenvalue weighted by Crippen LogP contribution is 2.17. The summed E-state index contributed by atoms with van der Waals surface area (Å²) in [6, 6.07) is 4.98. The molecule has 4 heteroatoms. The molecule has 2 rings (SSSR count). The lowest BCUT2D eigenvalue weighted by molar-refractivity contribution is 0.188. The molecule has 0 aromatic heterocycles. The van der Waals surface area contributed by atoms with Crippen LogP contribution in [0.2, 0.25) is 0 Å². The van der Waals surface area contributed by atoms with Crippen LogP contribution in [-0.4, -0.2) is 30.6 Å². The van der Waals surface area contributed by atoms with E-state index < -0.39 is 11.6 Å². The molecule has 1 aromatic carbocycles. The van der Waals surface area contributed by atoms with E-state index in [-0.39, 0.29) is 0 Å². The molecule has 1 heterocycles. The van der Waals surface area contributed by atoms with Gasteiger partial charge in [0.1, 0.15) is 0 Å². The molecule has 1 aliphatic heterocycles. The lowest BCUT2D eigenvalue weighted by atomic mass is 10.0. The minimum atomic E-state index is -0.753. The number of benzene rings is 1. The minimum absolute atomic E-state index is 0.458. The first-order valence-electron chi connectivity index (χ1n) is 7.09. The van der Waals surface area contributed by atoms with Crippen LogP contribution < -0.4 is 5.32 Å². The van der Waals surface area contributed by atoms with Crippen molar-refractivity contribution in [1.29, 1.82) is 0 Å². The monoisotopic (exact) mass is 268 g/mol. The second-order valence-electron chi connectivity index (χ2n) is 5.22. The van der Waals surface area contributed by atoms with E-state index in [1.54, 1.807) is 12.1 Å². The molecule has 2 nitrogen and oxygen atoms in total. The summed E-state index contributed by atoms with van der Waals surface area (Å²) >= 11 is 0. The number of rotatable bonds is 5. The smallest absolute Gasteiger partial charge is 0.163 e. The van der Waals surface area contributed by atoms with Crippen LogP contribution >= 0.6 is 0 Å². The number of hydrogen-bond acceptors (Lipinski definition) is 2. The van der Waals surface area contributed by atoms with Crippen LogP contribution in [0.15, 0.2) is 18.2 Å². The summed E-state index contributed by atoms with van der Waals surface area (Å²) in [6.45, 7) is 5.61. The van der Waals surface area contributed by atoms with Crippen molar-refractivity contribution >= 4 is 0 Å². The molecule has 1 aromatic rings. The highest BCUT2D eigenvalue weighted by molar-refractivity contribution is 5.18. The number of piperidine rings is 1. The molecule has 1 aliphatic rings. The van der Waals surface area contributed by atoms with Gasteiger partial charge in [-0.05, 0) is 45.0 Å². The molecule has 0 bridgehead atoms. The number of hydrogen-bond donors (Lipinski definition) is 1. The Balaban J connectivity index is 1.84. The molecular weight excluding hydrogens is 246 g/mol. The van der Waals surface area contributed by atoms with Crippen LogP contribution in [0.3, 0.4) is 0 Å². The zero-order valence-corrected chi connectivity index (χ0v) is 11.5. The first-order chi connectivity index (χ1) is 9.20. The molecule has 0 aliphatic carbocycles. The van der Waals surface area contributed by atoms with Crippen LogP contribution in [0, 0.1) is 11.6 Å². The summed E-state index contributed by atoms with van der Waals surface area (Å²) in [6.07, 6.45) is 3.31. The molecular formula is C15H22F2N2. The molecule has 1 saturated heterocycles. The normalized spacial score (nSPS) is 17.8. The van der Waals surface area contributed by atoms with Crippen LogP contribution in [0.25, 0.3) is 0 Å². The average molecular weight is 268 g/mol. The van der Waals surface area contributed by atoms with Gasteiger partial charge in [-0.2, -0.15) is 0 Å². The number of nitrogens with one attached hydrogen (secondary N) is 1. The zero-order chi connectivity index (χ0) is 13.7. The second kappa shape index (κ2) is 6.96. The van der Waals surface area contributed by atoms with Gasteiger partial charge in [0.15, 0.2) is 11.6 Å². The Bertz CT molecular complexity index is 401. The molecule has 19 heavy (non-hydrogen) atoms. The summed E-state index contributed by atoms with van der Waals surface area (Å²) in [5.74, 6) is -1.45. The summed E-state index contributed by atoms with van der Waals surface area (Å²) in [4.78, 5) is 2.20. The molecule has 1 fully saturated rings. The van der Waals surface area contributed by atoms with Gasteiger partial charge in [-0.25, -0.2) is 8.78 Å². The van der Waals surface area contributed by atoms with Gasteiger partial charge >= 0.3 is 0 Å². The molecule has 106 valence electrons. The number of nitrogens with zero attached hydrogens (tertiary/aromatic N) is 1. The minimum Gasteiger partial charge on any atom is -0.314 e. The zero-order valence-electron chi connectivity index (χ0n) is 11.5. The van der Waals surface area contributed by atoms with Crippen LogP contribution in [0.4, 0.5) is 8.78 Å². The van der Waals surface area contributed by atoms with Crippen molar-refractivity contribution in [2.45, 2.75) is 38.8 Å². The Morgan fingerprint density at radius 1 is 1.26 bits per heavy atom. The van der Waals surface area contributed by atoms with E-state index in [0.29, 0.717) is 18.2 Å². The molecule has 0 unspecified atom stereocenters.